The molecule has 6 rings (SSSR count). The van der Waals surface area contributed by atoms with Crippen LogP contribution in [0.3, 0.4) is 0 Å². The minimum atomic E-state index is -1.21. The summed E-state index contributed by atoms with van der Waals surface area (Å²) in [6.07, 6.45) is 5.89. The van der Waals surface area contributed by atoms with Crippen LogP contribution in [0.2, 0.25) is 0 Å². The highest BCUT2D eigenvalue weighted by atomic mass is 16.4. The quantitative estimate of drug-likeness (QED) is 0.503. The topological polar surface area (TPSA) is 127 Å². The van der Waals surface area contributed by atoms with Crippen LogP contribution >= 0.6 is 0 Å². The van der Waals surface area contributed by atoms with E-state index in [9.17, 15) is 29.7 Å². The molecule has 5 aliphatic rings. The van der Waals surface area contributed by atoms with Crippen molar-refractivity contribution < 1.29 is 29.7 Å². The maximum atomic E-state index is 13.5. The summed E-state index contributed by atoms with van der Waals surface area (Å²) in [6.45, 7) is 1.08. The van der Waals surface area contributed by atoms with Crippen LogP contribution in [0.1, 0.15) is 68.1 Å². The van der Waals surface area contributed by atoms with E-state index in [0.29, 0.717) is 44.7 Å². The third kappa shape index (κ3) is 3.51. The van der Waals surface area contributed by atoms with Crippen molar-refractivity contribution in [2.24, 2.45) is 11.8 Å². The number of aromatic hydroxyl groups is 1. The Morgan fingerprint density at radius 3 is 2.74 bits per heavy atom. The molecule has 0 radical (unpaired) electrons. The molecule has 8 nitrogen and oxygen atoms in total. The third-order valence-electron chi connectivity index (χ3n) is 9.57. The number of carbonyl (C=O) groups is 3. The second kappa shape index (κ2) is 8.03. The highest BCUT2D eigenvalue weighted by molar-refractivity contribution is 5.91. The number of fused-ring (bicyclic) bond motifs is 1. The summed E-state index contributed by atoms with van der Waals surface area (Å²) in [6, 6.07) is 2.56. The predicted molar refractivity (Wildman–Crippen MR) is 126 cm³/mol. The lowest BCUT2D eigenvalue weighted by Crippen LogP contribution is -2.73. The minimum Gasteiger partial charge on any atom is -0.508 e. The summed E-state index contributed by atoms with van der Waals surface area (Å²) in [5.41, 5.74) is 1.23. The number of carboxylic acids is 1. The van der Waals surface area contributed by atoms with E-state index in [1.54, 1.807) is 6.07 Å². The van der Waals surface area contributed by atoms with Crippen LogP contribution in [0.25, 0.3) is 0 Å². The molecule has 1 aromatic rings. The molecule has 4 N–H and O–H groups in total. The number of Topliss-reactive ketones (excluding diaryl/α,β-unsaturated/α-hetero) is 1. The average molecular weight is 483 g/mol. The number of phenols is 1. The number of likely N-dealkylation sites (tertiary alicyclic amines) is 1. The number of phenolic OH excluding ortho intramolecular Hbond substituents is 1. The van der Waals surface area contributed by atoms with Crippen molar-refractivity contribution in [1.82, 2.24) is 10.2 Å². The first-order valence-corrected chi connectivity index (χ1v) is 13.1. The molecule has 3 aliphatic carbocycles. The Kier molecular flexibility index (Phi) is 5.27. The number of ketones is 1. The monoisotopic (exact) mass is 482 g/mol. The smallest absolute Gasteiger partial charge is 0.326 e. The molecule has 2 saturated carbocycles. The van der Waals surface area contributed by atoms with Gasteiger partial charge in [0.15, 0.2) is 0 Å². The maximum absolute atomic E-state index is 13.5. The Hall–Kier alpha value is -2.45. The van der Waals surface area contributed by atoms with E-state index in [2.05, 4.69) is 5.32 Å². The summed E-state index contributed by atoms with van der Waals surface area (Å²) in [5.74, 6) is -1.17. The Morgan fingerprint density at radius 1 is 1.20 bits per heavy atom. The standard InChI is InChI=1S/C27H34N2O6/c30-18-9-16(8-15-3-4-15)19-12-23-27(35)13-17(10-24(32)29-7-1-2-21(29)25(33)34)22(31)14-26(27,5-6-28-23)20(19)11-18/h9,11,15,17,21,23,28,30,35H,1-8,10,12-14H2,(H,33,34)/t17-,21-,23+,26+,27+/m0/s1. The molecule has 1 amide bonds. The van der Waals surface area contributed by atoms with Gasteiger partial charge in [-0.25, -0.2) is 4.79 Å². The van der Waals surface area contributed by atoms with Gasteiger partial charge in [0.1, 0.15) is 17.6 Å². The van der Waals surface area contributed by atoms with Crippen LogP contribution in [0.4, 0.5) is 0 Å². The van der Waals surface area contributed by atoms with Crippen LogP contribution in [0.5, 0.6) is 5.75 Å². The van der Waals surface area contributed by atoms with Gasteiger partial charge in [0.2, 0.25) is 5.91 Å². The number of benzene rings is 1. The van der Waals surface area contributed by atoms with E-state index in [4.69, 9.17) is 0 Å². The molecule has 0 aromatic heterocycles. The summed E-state index contributed by atoms with van der Waals surface area (Å²) < 4.78 is 0. The summed E-state index contributed by atoms with van der Waals surface area (Å²) >= 11 is 0. The molecule has 35 heavy (non-hydrogen) atoms. The van der Waals surface area contributed by atoms with Crippen molar-refractivity contribution in [3.63, 3.8) is 0 Å². The Balaban J connectivity index is 1.32. The molecule has 8 heteroatoms. The first-order chi connectivity index (χ1) is 16.7. The molecule has 0 unspecified atom stereocenters. The van der Waals surface area contributed by atoms with Crippen LogP contribution in [-0.4, -0.2) is 68.7 Å². The fraction of sp³-hybridized carbons (Fsp3) is 0.667. The first kappa shape index (κ1) is 23.0. The summed E-state index contributed by atoms with van der Waals surface area (Å²) in [4.78, 5) is 39.5. The van der Waals surface area contributed by atoms with Crippen molar-refractivity contribution >= 4 is 17.7 Å². The van der Waals surface area contributed by atoms with Gasteiger partial charge >= 0.3 is 5.97 Å². The second-order valence-corrected chi connectivity index (χ2v) is 11.6. The Morgan fingerprint density at radius 2 is 2.00 bits per heavy atom. The zero-order chi connectivity index (χ0) is 24.5. The van der Waals surface area contributed by atoms with Gasteiger partial charge in [-0.3, -0.25) is 9.59 Å². The molecule has 5 atom stereocenters. The zero-order valence-electron chi connectivity index (χ0n) is 20.0. The van der Waals surface area contributed by atoms with Crippen molar-refractivity contribution in [1.29, 1.82) is 0 Å². The average Bonchev–Trinajstić information content (AvgIpc) is 3.45. The Bertz CT molecular complexity index is 1100. The second-order valence-electron chi connectivity index (χ2n) is 11.6. The van der Waals surface area contributed by atoms with E-state index in [1.165, 1.54) is 23.3 Å². The van der Waals surface area contributed by atoms with Gasteiger partial charge in [0.05, 0.1) is 5.60 Å². The predicted octanol–water partition coefficient (Wildman–Crippen LogP) is 1.68. The number of carboxylic acid groups (broad SMARTS) is 1. The number of piperidine rings is 1. The number of nitrogens with zero attached hydrogens (tertiary/aromatic N) is 1. The van der Waals surface area contributed by atoms with Crippen LogP contribution in [-0.2, 0) is 32.6 Å². The number of amides is 1. The highest BCUT2D eigenvalue weighted by Gasteiger charge is 2.65. The van der Waals surface area contributed by atoms with Gasteiger partial charge in [-0.2, -0.15) is 0 Å². The number of aliphatic carboxylic acids is 1. The van der Waals surface area contributed by atoms with Gasteiger partial charge < -0.3 is 25.5 Å². The third-order valence-corrected chi connectivity index (χ3v) is 9.57. The molecular formula is C27H34N2O6. The fourth-order valence-electron chi connectivity index (χ4n) is 7.63. The van der Waals surface area contributed by atoms with E-state index in [1.807, 2.05) is 6.07 Å². The molecule has 2 bridgehead atoms. The zero-order valence-corrected chi connectivity index (χ0v) is 20.0. The van der Waals surface area contributed by atoms with E-state index in [-0.39, 0.29) is 42.7 Å². The van der Waals surface area contributed by atoms with Crippen LogP contribution in [0, 0.1) is 11.8 Å². The minimum absolute atomic E-state index is 0.0466. The maximum Gasteiger partial charge on any atom is 0.326 e. The van der Waals surface area contributed by atoms with Crippen molar-refractivity contribution in [2.45, 2.75) is 87.3 Å². The van der Waals surface area contributed by atoms with Gasteiger partial charge in [-0.05, 0) is 92.7 Å². The molecule has 4 fully saturated rings. The van der Waals surface area contributed by atoms with Crippen molar-refractivity contribution in [3.05, 3.63) is 28.8 Å². The molecule has 188 valence electrons. The first-order valence-electron chi connectivity index (χ1n) is 13.1. The van der Waals surface area contributed by atoms with E-state index < -0.39 is 28.9 Å². The molecule has 1 aromatic carbocycles. The molecule has 2 saturated heterocycles. The van der Waals surface area contributed by atoms with Gasteiger partial charge in [0, 0.05) is 36.8 Å². The fourth-order valence-corrected chi connectivity index (χ4v) is 7.63. The van der Waals surface area contributed by atoms with Gasteiger partial charge in [0.25, 0.3) is 0 Å². The number of carbonyl (C=O) groups excluding carboxylic acids is 2. The number of aliphatic hydroxyl groups is 1. The highest BCUT2D eigenvalue weighted by Crippen LogP contribution is 2.58. The van der Waals surface area contributed by atoms with Crippen molar-refractivity contribution in [3.8, 4) is 5.75 Å². The normalized spacial score (nSPS) is 36.0. The summed E-state index contributed by atoms with van der Waals surface area (Å²) in [7, 11) is 0. The Labute approximate surface area is 204 Å². The largest absolute Gasteiger partial charge is 0.508 e. The number of hydrogen-bond donors (Lipinski definition) is 4. The van der Waals surface area contributed by atoms with Gasteiger partial charge in [-0.1, -0.05) is 0 Å². The van der Waals surface area contributed by atoms with Crippen LogP contribution < -0.4 is 5.32 Å². The lowest BCUT2D eigenvalue weighted by Gasteiger charge is -2.62. The number of nitrogens with one attached hydrogen (secondary N) is 1. The summed E-state index contributed by atoms with van der Waals surface area (Å²) in [5, 5.41) is 35.9. The molecular weight excluding hydrogens is 448 g/mol. The molecule has 0 spiro atoms. The number of hydrogen-bond acceptors (Lipinski definition) is 6. The lowest BCUT2D eigenvalue weighted by molar-refractivity contribution is -0.162. The van der Waals surface area contributed by atoms with Crippen LogP contribution in [0.15, 0.2) is 12.1 Å². The lowest BCUT2D eigenvalue weighted by atomic mass is 9.47. The van der Waals surface area contributed by atoms with E-state index in [0.717, 1.165) is 17.5 Å². The van der Waals surface area contributed by atoms with Gasteiger partial charge in [-0.15, -0.1) is 0 Å². The van der Waals surface area contributed by atoms with E-state index >= 15 is 0 Å². The van der Waals surface area contributed by atoms with Crippen molar-refractivity contribution in [2.75, 3.05) is 13.1 Å². The number of rotatable bonds is 5. The SMILES string of the molecule is O=C1C[C@]23CCN[C@H](Cc4c(CC5CC5)cc(O)cc42)[C@]3(O)C[C@@H]1CC(=O)N1CCC[C@H]1C(=O)O. The molecule has 2 heterocycles. The molecule has 2 aliphatic heterocycles.